The molecule has 2 aromatic carbocycles. The molecular formula is C29H42N2O2. The minimum absolute atomic E-state index is 0.0752. The second-order valence-corrected chi connectivity index (χ2v) is 9.87. The fourth-order valence-corrected chi connectivity index (χ4v) is 5.25. The molecule has 0 spiro atoms. The van der Waals surface area contributed by atoms with Gasteiger partial charge in [0.05, 0.1) is 5.92 Å². The van der Waals surface area contributed by atoms with E-state index in [1.165, 1.54) is 49.3 Å². The molecule has 2 amide bonds. The lowest BCUT2D eigenvalue weighted by molar-refractivity contribution is -0.122. The second-order valence-electron chi connectivity index (χ2n) is 9.87. The van der Waals surface area contributed by atoms with Crippen LogP contribution in [0.25, 0.3) is 10.8 Å². The van der Waals surface area contributed by atoms with Crippen molar-refractivity contribution < 1.29 is 9.59 Å². The van der Waals surface area contributed by atoms with E-state index < -0.39 is 0 Å². The van der Waals surface area contributed by atoms with Crippen LogP contribution < -0.4 is 11.1 Å². The summed E-state index contributed by atoms with van der Waals surface area (Å²) in [5, 5.41) is 5.64. The van der Waals surface area contributed by atoms with Crippen molar-refractivity contribution in [1.82, 2.24) is 5.32 Å². The number of nitrogens with two attached hydrogens (primary N) is 1. The Kier molecular flexibility index (Phi) is 10.7. The summed E-state index contributed by atoms with van der Waals surface area (Å²) in [6.45, 7) is 0.724. The zero-order chi connectivity index (χ0) is 23.3. The standard InChI is InChI=1S/C29H42N2O2/c30-28(32)18-7-2-1-3-10-21-31-29(33)27(17-11-14-23-12-5-4-6-13-23)26-20-19-24-15-8-9-16-25(24)22-26/h8-9,15-16,19-20,22-23,27H,1-7,10-14,17-18,21H2,(H2,30,32)(H,31,33). The van der Waals surface area contributed by atoms with Gasteiger partial charge in [-0.2, -0.15) is 0 Å². The Hall–Kier alpha value is -2.36. The number of rotatable bonds is 14. The minimum Gasteiger partial charge on any atom is -0.370 e. The van der Waals surface area contributed by atoms with Crippen LogP contribution in [0.4, 0.5) is 0 Å². The van der Waals surface area contributed by atoms with E-state index in [4.69, 9.17) is 5.73 Å². The molecule has 1 atom stereocenters. The van der Waals surface area contributed by atoms with E-state index >= 15 is 0 Å². The van der Waals surface area contributed by atoms with E-state index in [2.05, 4.69) is 47.8 Å². The highest BCUT2D eigenvalue weighted by atomic mass is 16.2. The molecular weight excluding hydrogens is 408 g/mol. The van der Waals surface area contributed by atoms with Crippen molar-refractivity contribution >= 4 is 22.6 Å². The largest absolute Gasteiger partial charge is 0.370 e. The molecule has 1 unspecified atom stereocenters. The lowest BCUT2D eigenvalue weighted by atomic mass is 9.83. The van der Waals surface area contributed by atoms with Crippen molar-refractivity contribution in [2.24, 2.45) is 11.7 Å². The summed E-state index contributed by atoms with van der Waals surface area (Å²) >= 11 is 0. The molecule has 1 saturated carbocycles. The number of carbonyl (C=O) groups is 2. The Morgan fingerprint density at radius 2 is 1.61 bits per heavy atom. The first-order chi connectivity index (χ1) is 16.1. The zero-order valence-electron chi connectivity index (χ0n) is 20.2. The van der Waals surface area contributed by atoms with Gasteiger partial charge in [0.25, 0.3) is 0 Å². The SMILES string of the molecule is NC(=O)CCCCCCCNC(=O)C(CCCC1CCCCC1)c1ccc2ccccc2c1. The lowest BCUT2D eigenvalue weighted by Gasteiger charge is -2.23. The molecule has 33 heavy (non-hydrogen) atoms. The first-order valence-corrected chi connectivity index (χ1v) is 13.2. The van der Waals surface area contributed by atoms with Crippen molar-refractivity contribution in [2.45, 2.75) is 95.8 Å². The Bertz CT molecular complexity index is 873. The van der Waals surface area contributed by atoms with Gasteiger partial charge in [0, 0.05) is 13.0 Å². The number of amides is 2. The average molecular weight is 451 g/mol. The highest BCUT2D eigenvalue weighted by molar-refractivity contribution is 5.87. The van der Waals surface area contributed by atoms with E-state index in [9.17, 15) is 9.59 Å². The molecule has 1 fully saturated rings. The molecule has 3 rings (SSSR count). The van der Waals surface area contributed by atoms with Gasteiger partial charge in [0.1, 0.15) is 0 Å². The fraction of sp³-hybridized carbons (Fsp3) is 0.586. The number of benzene rings is 2. The van der Waals surface area contributed by atoms with E-state index in [0.717, 1.165) is 63.0 Å². The molecule has 0 heterocycles. The molecule has 0 bridgehead atoms. The number of unbranched alkanes of at least 4 members (excludes halogenated alkanes) is 4. The van der Waals surface area contributed by atoms with Crippen molar-refractivity contribution in [3.63, 3.8) is 0 Å². The van der Waals surface area contributed by atoms with Crippen LogP contribution in [0.3, 0.4) is 0 Å². The van der Waals surface area contributed by atoms with E-state index in [-0.39, 0.29) is 17.7 Å². The van der Waals surface area contributed by atoms with Crippen LogP contribution in [0.5, 0.6) is 0 Å². The van der Waals surface area contributed by atoms with Gasteiger partial charge in [-0.3, -0.25) is 9.59 Å². The van der Waals surface area contributed by atoms with Crippen LogP contribution in [-0.2, 0) is 9.59 Å². The highest BCUT2D eigenvalue weighted by Crippen LogP contribution is 2.31. The number of hydrogen-bond acceptors (Lipinski definition) is 2. The minimum atomic E-state index is -0.217. The number of carbonyl (C=O) groups excluding carboxylic acids is 2. The zero-order valence-corrected chi connectivity index (χ0v) is 20.2. The first-order valence-electron chi connectivity index (χ1n) is 13.2. The molecule has 1 aliphatic rings. The molecule has 180 valence electrons. The van der Waals surface area contributed by atoms with Crippen molar-refractivity contribution in [3.05, 3.63) is 48.0 Å². The van der Waals surface area contributed by atoms with Crippen LogP contribution in [0.1, 0.15) is 101 Å². The predicted molar refractivity (Wildman–Crippen MR) is 137 cm³/mol. The molecule has 0 radical (unpaired) electrons. The second kappa shape index (κ2) is 14.0. The van der Waals surface area contributed by atoms with Crippen LogP contribution in [-0.4, -0.2) is 18.4 Å². The topological polar surface area (TPSA) is 72.2 Å². The molecule has 0 saturated heterocycles. The molecule has 4 nitrogen and oxygen atoms in total. The molecule has 0 aliphatic heterocycles. The molecule has 3 N–H and O–H groups in total. The Balaban J connectivity index is 1.51. The Morgan fingerprint density at radius 1 is 0.879 bits per heavy atom. The summed E-state index contributed by atoms with van der Waals surface area (Å²) in [6, 6.07) is 14.9. The van der Waals surface area contributed by atoms with Gasteiger partial charge in [-0.05, 0) is 41.5 Å². The third kappa shape index (κ3) is 8.83. The van der Waals surface area contributed by atoms with E-state index in [0.29, 0.717) is 6.42 Å². The highest BCUT2D eigenvalue weighted by Gasteiger charge is 2.22. The maximum Gasteiger partial charge on any atom is 0.227 e. The number of fused-ring (bicyclic) bond motifs is 1. The normalized spacial score (nSPS) is 15.4. The van der Waals surface area contributed by atoms with Crippen molar-refractivity contribution in [1.29, 1.82) is 0 Å². The number of primary amides is 1. The van der Waals surface area contributed by atoms with Gasteiger partial charge >= 0.3 is 0 Å². The average Bonchev–Trinajstić information content (AvgIpc) is 2.83. The summed E-state index contributed by atoms with van der Waals surface area (Å²) in [5.74, 6) is 0.732. The van der Waals surface area contributed by atoms with Crippen LogP contribution in [0.15, 0.2) is 42.5 Å². The summed E-state index contributed by atoms with van der Waals surface area (Å²) in [4.78, 5) is 24.0. The third-order valence-corrected chi connectivity index (χ3v) is 7.22. The monoisotopic (exact) mass is 450 g/mol. The lowest BCUT2D eigenvalue weighted by Crippen LogP contribution is -2.30. The summed E-state index contributed by atoms with van der Waals surface area (Å²) in [5.41, 5.74) is 6.33. The van der Waals surface area contributed by atoms with Gasteiger partial charge in [0.2, 0.25) is 11.8 Å². The fourth-order valence-electron chi connectivity index (χ4n) is 5.25. The van der Waals surface area contributed by atoms with Gasteiger partial charge in [-0.15, -0.1) is 0 Å². The van der Waals surface area contributed by atoms with Crippen LogP contribution >= 0.6 is 0 Å². The third-order valence-electron chi connectivity index (χ3n) is 7.22. The maximum atomic E-state index is 13.2. The van der Waals surface area contributed by atoms with Crippen LogP contribution in [0, 0.1) is 5.92 Å². The maximum absolute atomic E-state index is 13.2. The summed E-state index contributed by atoms with van der Waals surface area (Å²) < 4.78 is 0. The summed E-state index contributed by atoms with van der Waals surface area (Å²) in [7, 11) is 0. The van der Waals surface area contributed by atoms with Crippen molar-refractivity contribution in [2.75, 3.05) is 6.54 Å². The van der Waals surface area contributed by atoms with Gasteiger partial charge in [-0.1, -0.05) is 107 Å². The number of nitrogens with one attached hydrogen (secondary N) is 1. The molecule has 4 heteroatoms. The van der Waals surface area contributed by atoms with E-state index in [1.807, 2.05) is 0 Å². The quantitative estimate of drug-likeness (QED) is 0.318. The van der Waals surface area contributed by atoms with Crippen LogP contribution in [0.2, 0.25) is 0 Å². The smallest absolute Gasteiger partial charge is 0.227 e. The van der Waals surface area contributed by atoms with E-state index in [1.54, 1.807) is 0 Å². The Morgan fingerprint density at radius 3 is 2.39 bits per heavy atom. The summed E-state index contributed by atoms with van der Waals surface area (Å²) in [6.07, 6.45) is 15.7. The predicted octanol–water partition coefficient (Wildman–Crippen LogP) is 6.62. The molecule has 2 aromatic rings. The van der Waals surface area contributed by atoms with Crippen molar-refractivity contribution in [3.8, 4) is 0 Å². The van der Waals surface area contributed by atoms with Gasteiger partial charge < -0.3 is 11.1 Å². The molecule has 0 aromatic heterocycles. The molecule has 1 aliphatic carbocycles. The first kappa shape index (κ1) is 25.3. The number of hydrogen-bond donors (Lipinski definition) is 2. The Labute approximate surface area is 199 Å². The van der Waals surface area contributed by atoms with Gasteiger partial charge in [-0.25, -0.2) is 0 Å². The van der Waals surface area contributed by atoms with Gasteiger partial charge in [0.15, 0.2) is 0 Å².